The Hall–Kier alpha value is -3.49. The summed E-state index contributed by atoms with van der Waals surface area (Å²) in [5.74, 6) is 1.42. The van der Waals surface area contributed by atoms with Gasteiger partial charge in [-0.05, 0) is 23.8 Å². The highest BCUT2D eigenvalue weighted by Gasteiger charge is 2.24. The molecule has 6 nitrogen and oxygen atoms in total. The van der Waals surface area contributed by atoms with Crippen LogP contribution in [0, 0.1) is 5.82 Å². The quantitative estimate of drug-likeness (QED) is 0.279. The first kappa shape index (κ1) is 21.4. The Morgan fingerprint density at radius 1 is 1.03 bits per heavy atom. The summed E-state index contributed by atoms with van der Waals surface area (Å²) in [4.78, 5) is 14.9. The van der Waals surface area contributed by atoms with Crippen LogP contribution in [0.4, 0.5) is 4.39 Å². The molecular formula is C24H18ClFN4O2S. The molecular weight excluding hydrogens is 463 g/mol. The summed E-state index contributed by atoms with van der Waals surface area (Å²) in [6.45, 7) is 0. The fraction of sp³-hybridized carbons (Fsp3) is 0.125. The summed E-state index contributed by atoms with van der Waals surface area (Å²) in [6, 6.07) is 12.6. The number of halogens is 2. The number of nitrogens with zero attached hydrogens (tertiary/aromatic N) is 4. The molecule has 0 aliphatic carbocycles. The summed E-state index contributed by atoms with van der Waals surface area (Å²) in [5.41, 5.74) is 1.99. The number of methoxy groups -OCH3 is 2. The van der Waals surface area contributed by atoms with Gasteiger partial charge in [0.2, 0.25) is 0 Å². The molecule has 5 aromatic rings. The topological polar surface area (TPSA) is 62.1 Å². The lowest BCUT2D eigenvalue weighted by Gasteiger charge is -2.10. The first-order valence-corrected chi connectivity index (χ1v) is 11.2. The number of rotatable bonds is 5. The number of fused-ring (bicyclic) bond motifs is 1. The summed E-state index contributed by atoms with van der Waals surface area (Å²) >= 11 is 8.07. The third-order valence-electron chi connectivity index (χ3n) is 5.34. The van der Waals surface area contributed by atoms with Gasteiger partial charge in [-0.15, -0.1) is 11.3 Å². The van der Waals surface area contributed by atoms with E-state index in [9.17, 15) is 0 Å². The average Bonchev–Trinajstić information content (AvgIpc) is 3.43. The van der Waals surface area contributed by atoms with Crippen LogP contribution >= 0.6 is 22.9 Å². The monoisotopic (exact) mass is 480 g/mol. The smallest absolute Gasteiger partial charge is 0.198 e. The van der Waals surface area contributed by atoms with Gasteiger partial charge in [-0.2, -0.15) is 0 Å². The molecule has 0 aliphatic heterocycles. The van der Waals surface area contributed by atoms with E-state index in [0.29, 0.717) is 38.1 Å². The summed E-state index contributed by atoms with van der Waals surface area (Å²) in [7, 11) is 4.91. The summed E-state index contributed by atoms with van der Waals surface area (Å²) in [5, 5.41) is 0.927. The van der Waals surface area contributed by atoms with Crippen molar-refractivity contribution in [1.82, 2.24) is 19.5 Å². The fourth-order valence-electron chi connectivity index (χ4n) is 3.71. The predicted molar refractivity (Wildman–Crippen MR) is 129 cm³/mol. The maximum atomic E-state index is 15.3. The lowest BCUT2D eigenvalue weighted by molar-refractivity contribution is 0.387. The maximum absolute atomic E-state index is 15.3. The zero-order valence-electron chi connectivity index (χ0n) is 18.0. The van der Waals surface area contributed by atoms with Crippen molar-refractivity contribution in [3.8, 4) is 44.7 Å². The van der Waals surface area contributed by atoms with Crippen LogP contribution in [0.1, 0.15) is 0 Å². The molecule has 0 unspecified atom stereocenters. The van der Waals surface area contributed by atoms with Gasteiger partial charge in [0.05, 0.1) is 19.6 Å². The number of aromatic nitrogens is 4. The summed E-state index contributed by atoms with van der Waals surface area (Å²) in [6.07, 6.45) is 3.48. The molecule has 166 valence electrons. The van der Waals surface area contributed by atoms with Crippen molar-refractivity contribution in [3.63, 3.8) is 0 Å². The maximum Gasteiger partial charge on any atom is 0.198 e. The molecule has 3 heterocycles. The lowest BCUT2D eigenvalue weighted by Crippen LogP contribution is -1.97. The number of thiophene rings is 1. The zero-order valence-corrected chi connectivity index (χ0v) is 19.5. The fourth-order valence-corrected chi connectivity index (χ4v) is 5.24. The third-order valence-corrected chi connectivity index (χ3v) is 6.73. The van der Waals surface area contributed by atoms with Gasteiger partial charge in [0.15, 0.2) is 23.2 Å². The van der Waals surface area contributed by atoms with Crippen molar-refractivity contribution in [3.05, 3.63) is 65.8 Å². The molecule has 0 fully saturated rings. The van der Waals surface area contributed by atoms with Crippen molar-refractivity contribution in [2.75, 3.05) is 14.2 Å². The molecule has 0 atom stereocenters. The molecule has 0 amide bonds. The number of imidazole rings is 1. The number of hydrogen-bond acceptors (Lipinski definition) is 6. The number of aryl methyl sites for hydroxylation is 1. The van der Waals surface area contributed by atoms with Gasteiger partial charge in [0.25, 0.3) is 0 Å². The molecule has 0 saturated carbocycles. The lowest BCUT2D eigenvalue weighted by atomic mass is 9.99. The SMILES string of the molecule is COc1ccc(-c2c(-c3cccc(OC)c3F)sc3nc(-c4nccn4C)nc(Cl)c23)cc1. The Labute approximate surface area is 198 Å². The van der Waals surface area contributed by atoms with Crippen molar-refractivity contribution in [2.24, 2.45) is 7.05 Å². The minimum atomic E-state index is -0.449. The molecule has 0 bridgehead atoms. The van der Waals surface area contributed by atoms with E-state index in [1.165, 1.54) is 18.4 Å². The minimum absolute atomic E-state index is 0.163. The van der Waals surface area contributed by atoms with Crippen molar-refractivity contribution in [2.45, 2.75) is 0 Å². The Morgan fingerprint density at radius 3 is 2.48 bits per heavy atom. The van der Waals surface area contributed by atoms with Gasteiger partial charge in [-0.1, -0.05) is 35.9 Å². The molecule has 9 heteroatoms. The second-order valence-electron chi connectivity index (χ2n) is 7.24. The van der Waals surface area contributed by atoms with E-state index in [2.05, 4.69) is 9.97 Å². The molecule has 3 aromatic heterocycles. The Morgan fingerprint density at radius 2 is 1.82 bits per heavy atom. The van der Waals surface area contributed by atoms with E-state index in [0.717, 1.165) is 11.1 Å². The van der Waals surface area contributed by atoms with Gasteiger partial charge < -0.3 is 14.0 Å². The third kappa shape index (κ3) is 3.61. The highest BCUT2D eigenvalue weighted by molar-refractivity contribution is 7.22. The van der Waals surface area contributed by atoms with Gasteiger partial charge in [0, 0.05) is 35.4 Å². The minimum Gasteiger partial charge on any atom is -0.497 e. The predicted octanol–water partition coefficient (Wildman–Crippen LogP) is 6.24. The van der Waals surface area contributed by atoms with Gasteiger partial charge in [-0.25, -0.2) is 19.3 Å². The largest absolute Gasteiger partial charge is 0.497 e. The van der Waals surface area contributed by atoms with Crippen LogP contribution in [0.5, 0.6) is 11.5 Å². The highest BCUT2D eigenvalue weighted by Crippen LogP contribution is 2.48. The molecule has 0 spiro atoms. The van der Waals surface area contributed by atoms with Gasteiger partial charge in [0.1, 0.15) is 15.7 Å². The summed E-state index contributed by atoms with van der Waals surface area (Å²) < 4.78 is 27.7. The van der Waals surface area contributed by atoms with Crippen LogP contribution in [-0.2, 0) is 7.05 Å². The number of ether oxygens (including phenoxy) is 2. The van der Waals surface area contributed by atoms with E-state index in [1.807, 2.05) is 42.1 Å². The molecule has 0 N–H and O–H groups in total. The van der Waals surface area contributed by atoms with E-state index in [-0.39, 0.29) is 10.9 Å². The van der Waals surface area contributed by atoms with E-state index < -0.39 is 5.82 Å². The number of benzene rings is 2. The Bertz CT molecular complexity index is 1480. The molecule has 0 saturated heterocycles. The highest BCUT2D eigenvalue weighted by atomic mass is 35.5. The van der Waals surface area contributed by atoms with Gasteiger partial charge >= 0.3 is 0 Å². The van der Waals surface area contributed by atoms with Crippen LogP contribution in [-0.4, -0.2) is 33.7 Å². The molecule has 0 radical (unpaired) electrons. The molecule has 0 aliphatic rings. The van der Waals surface area contributed by atoms with Crippen LogP contribution in [0.3, 0.4) is 0 Å². The van der Waals surface area contributed by atoms with E-state index in [1.54, 1.807) is 31.5 Å². The Balaban J connectivity index is 1.83. The van der Waals surface area contributed by atoms with Crippen molar-refractivity contribution < 1.29 is 13.9 Å². The van der Waals surface area contributed by atoms with Crippen LogP contribution in [0.15, 0.2) is 54.9 Å². The first-order chi connectivity index (χ1) is 16.0. The zero-order chi connectivity index (χ0) is 23.1. The van der Waals surface area contributed by atoms with Gasteiger partial charge in [-0.3, -0.25) is 0 Å². The second kappa shape index (κ2) is 8.46. The molecule has 2 aromatic carbocycles. The van der Waals surface area contributed by atoms with Crippen LogP contribution in [0.25, 0.3) is 43.4 Å². The first-order valence-electron chi connectivity index (χ1n) is 9.96. The second-order valence-corrected chi connectivity index (χ2v) is 8.59. The molecule has 33 heavy (non-hydrogen) atoms. The van der Waals surface area contributed by atoms with Crippen LogP contribution in [0.2, 0.25) is 5.15 Å². The van der Waals surface area contributed by atoms with Crippen molar-refractivity contribution in [1.29, 1.82) is 0 Å². The van der Waals surface area contributed by atoms with Crippen molar-refractivity contribution >= 4 is 33.2 Å². The number of hydrogen-bond donors (Lipinski definition) is 0. The van der Waals surface area contributed by atoms with Crippen LogP contribution < -0.4 is 9.47 Å². The normalized spacial score (nSPS) is 11.2. The molecule has 5 rings (SSSR count). The average molecular weight is 481 g/mol. The van der Waals surface area contributed by atoms with E-state index in [4.69, 9.17) is 26.1 Å². The Kier molecular flexibility index (Phi) is 5.47. The standard InChI is InChI=1S/C24H18ClFN4O2S/c1-30-12-11-27-23(30)22-28-21(25)18-17(13-7-9-14(31-2)10-8-13)20(33-24(18)29-22)15-5-4-6-16(32-3)19(15)26/h4-12H,1-3H3. The van der Waals surface area contributed by atoms with E-state index >= 15 is 4.39 Å².